The topological polar surface area (TPSA) is 23.9 Å². The summed E-state index contributed by atoms with van der Waals surface area (Å²) in [6, 6.07) is 7.87. The number of nitrogens with one attached hydrogen (secondary N) is 1. The number of hydrogen-bond acceptors (Lipinski definition) is 1. The Balaban J connectivity index is 2.93. The minimum absolute atomic E-state index is 0.307. The number of halogens is 3. The lowest BCUT2D eigenvalue weighted by Gasteiger charge is -2.10. The molecule has 0 bridgehead atoms. The van der Waals surface area contributed by atoms with Gasteiger partial charge in [-0.25, -0.2) is 0 Å². The van der Waals surface area contributed by atoms with Crippen molar-refractivity contribution in [1.82, 2.24) is 0 Å². The molecular formula is C10H8F3N. The Hall–Kier alpha value is -1.58. The van der Waals surface area contributed by atoms with Crippen LogP contribution in [0.3, 0.4) is 0 Å². The molecule has 0 atom stereocenters. The third-order valence-electron chi connectivity index (χ3n) is 1.71. The highest BCUT2D eigenvalue weighted by Gasteiger charge is 2.36. The third kappa shape index (κ3) is 2.22. The van der Waals surface area contributed by atoms with E-state index in [9.17, 15) is 13.2 Å². The van der Waals surface area contributed by atoms with Gasteiger partial charge in [-0.05, 0) is 5.56 Å². The van der Waals surface area contributed by atoms with Gasteiger partial charge >= 0.3 is 6.18 Å². The lowest BCUT2D eigenvalue weighted by atomic mass is 10.0. The first-order valence-electron chi connectivity index (χ1n) is 3.83. The number of allylic oxidation sites excluding steroid dienone is 1. The highest BCUT2D eigenvalue weighted by atomic mass is 19.4. The average molecular weight is 199 g/mol. The average Bonchev–Trinajstić information content (AvgIpc) is 2.15. The zero-order chi connectivity index (χ0) is 10.8. The molecule has 14 heavy (non-hydrogen) atoms. The summed E-state index contributed by atoms with van der Waals surface area (Å²) < 4.78 is 36.3. The van der Waals surface area contributed by atoms with Crippen molar-refractivity contribution < 1.29 is 13.2 Å². The zero-order valence-electron chi connectivity index (χ0n) is 7.23. The minimum atomic E-state index is -4.63. The SMILES string of the molecule is C=C(C(=N)C(F)(F)F)c1ccccc1. The molecule has 4 heteroatoms. The van der Waals surface area contributed by atoms with Crippen LogP contribution in [0, 0.1) is 5.41 Å². The summed E-state index contributed by atoms with van der Waals surface area (Å²) in [4.78, 5) is 0. The van der Waals surface area contributed by atoms with Gasteiger partial charge in [-0.2, -0.15) is 13.2 Å². The molecule has 1 N–H and O–H groups in total. The molecule has 0 heterocycles. The molecule has 0 spiro atoms. The van der Waals surface area contributed by atoms with Crippen LogP contribution in [0.25, 0.3) is 5.57 Å². The second-order valence-corrected chi connectivity index (χ2v) is 2.72. The third-order valence-corrected chi connectivity index (χ3v) is 1.71. The molecule has 0 fully saturated rings. The van der Waals surface area contributed by atoms with Crippen molar-refractivity contribution in [3.63, 3.8) is 0 Å². The van der Waals surface area contributed by atoms with Gasteiger partial charge in [-0.3, -0.25) is 5.41 Å². The fourth-order valence-corrected chi connectivity index (χ4v) is 0.955. The second kappa shape index (κ2) is 3.65. The molecule has 0 unspecified atom stereocenters. The van der Waals surface area contributed by atoms with Crippen LogP contribution in [-0.4, -0.2) is 11.9 Å². The fourth-order valence-electron chi connectivity index (χ4n) is 0.955. The van der Waals surface area contributed by atoms with E-state index >= 15 is 0 Å². The van der Waals surface area contributed by atoms with Crippen molar-refractivity contribution in [2.75, 3.05) is 0 Å². The second-order valence-electron chi connectivity index (χ2n) is 2.72. The normalized spacial score (nSPS) is 11.1. The number of rotatable bonds is 2. The van der Waals surface area contributed by atoms with Crippen LogP contribution in [-0.2, 0) is 0 Å². The van der Waals surface area contributed by atoms with E-state index < -0.39 is 11.9 Å². The standard InChI is InChI=1S/C10H8F3N/c1-7(9(14)10(11,12)13)8-5-3-2-4-6-8/h2-6,14H,1H2. The van der Waals surface area contributed by atoms with Crippen molar-refractivity contribution >= 4 is 11.3 Å². The van der Waals surface area contributed by atoms with E-state index in [0.717, 1.165) is 0 Å². The maximum atomic E-state index is 12.1. The van der Waals surface area contributed by atoms with Crippen molar-refractivity contribution in [3.05, 3.63) is 42.5 Å². The molecule has 1 nitrogen and oxygen atoms in total. The predicted octanol–water partition coefficient (Wildman–Crippen LogP) is 3.28. The summed E-state index contributed by atoms with van der Waals surface area (Å²) in [5.41, 5.74) is -1.39. The molecular weight excluding hydrogens is 191 g/mol. The van der Waals surface area contributed by atoms with Gasteiger partial charge in [0.05, 0.1) is 0 Å². The smallest absolute Gasteiger partial charge is 0.296 e. The van der Waals surface area contributed by atoms with E-state index in [1.807, 2.05) is 0 Å². The Kier molecular flexibility index (Phi) is 2.74. The molecule has 0 amide bonds. The summed E-state index contributed by atoms with van der Waals surface area (Å²) >= 11 is 0. The molecule has 0 radical (unpaired) electrons. The van der Waals surface area contributed by atoms with Crippen LogP contribution < -0.4 is 0 Å². The number of benzene rings is 1. The molecule has 1 aromatic rings. The first kappa shape index (κ1) is 10.5. The van der Waals surface area contributed by atoms with Crippen molar-refractivity contribution in [2.24, 2.45) is 0 Å². The largest absolute Gasteiger partial charge is 0.433 e. The maximum Gasteiger partial charge on any atom is 0.433 e. The molecule has 0 saturated carbocycles. The van der Waals surface area contributed by atoms with Gasteiger partial charge in [-0.15, -0.1) is 0 Å². The van der Waals surface area contributed by atoms with Crippen molar-refractivity contribution in [2.45, 2.75) is 6.18 Å². The molecule has 0 aliphatic rings. The monoisotopic (exact) mass is 199 g/mol. The highest BCUT2D eigenvalue weighted by molar-refractivity contribution is 6.24. The molecule has 0 aromatic heterocycles. The van der Waals surface area contributed by atoms with Gasteiger partial charge in [-0.1, -0.05) is 36.9 Å². The molecule has 0 aliphatic heterocycles. The Morgan fingerprint density at radius 2 is 1.64 bits per heavy atom. The fraction of sp³-hybridized carbons (Fsp3) is 0.100. The van der Waals surface area contributed by atoms with Gasteiger partial charge in [0, 0.05) is 5.57 Å². The van der Waals surface area contributed by atoms with Gasteiger partial charge in [0.15, 0.2) is 0 Å². The van der Waals surface area contributed by atoms with E-state index in [0.29, 0.717) is 5.56 Å². The Bertz CT molecular complexity index is 351. The van der Waals surface area contributed by atoms with Crippen LogP contribution >= 0.6 is 0 Å². The van der Waals surface area contributed by atoms with Crippen LogP contribution in [0.5, 0.6) is 0 Å². The van der Waals surface area contributed by atoms with Crippen LogP contribution in [0.1, 0.15) is 5.56 Å². The Labute approximate surface area is 79.4 Å². The summed E-state index contributed by atoms with van der Waals surface area (Å²) in [6.45, 7) is 3.25. The minimum Gasteiger partial charge on any atom is -0.296 e. The molecule has 0 aliphatic carbocycles. The van der Waals surface area contributed by atoms with E-state index in [2.05, 4.69) is 6.58 Å². The number of hydrogen-bond donors (Lipinski definition) is 1. The van der Waals surface area contributed by atoms with Crippen LogP contribution in [0.2, 0.25) is 0 Å². The first-order chi connectivity index (χ1) is 6.43. The molecule has 1 aromatic carbocycles. The Morgan fingerprint density at radius 1 is 1.14 bits per heavy atom. The van der Waals surface area contributed by atoms with Crippen molar-refractivity contribution in [1.29, 1.82) is 5.41 Å². The van der Waals surface area contributed by atoms with E-state index in [4.69, 9.17) is 5.41 Å². The van der Waals surface area contributed by atoms with E-state index in [1.54, 1.807) is 18.2 Å². The number of alkyl halides is 3. The van der Waals surface area contributed by atoms with Gasteiger partial charge < -0.3 is 0 Å². The lowest BCUT2D eigenvalue weighted by molar-refractivity contribution is -0.0578. The zero-order valence-corrected chi connectivity index (χ0v) is 7.23. The van der Waals surface area contributed by atoms with E-state index in [1.165, 1.54) is 12.1 Å². The van der Waals surface area contributed by atoms with Gasteiger partial charge in [0.25, 0.3) is 0 Å². The summed E-state index contributed by atoms with van der Waals surface area (Å²) in [7, 11) is 0. The molecule has 74 valence electrons. The lowest BCUT2D eigenvalue weighted by Crippen LogP contribution is -2.22. The quantitative estimate of drug-likeness (QED) is 0.707. The summed E-state index contributed by atoms with van der Waals surface area (Å²) in [5, 5.41) is 6.86. The molecule has 1 rings (SSSR count). The predicted molar refractivity (Wildman–Crippen MR) is 49.3 cm³/mol. The van der Waals surface area contributed by atoms with E-state index in [-0.39, 0.29) is 5.57 Å². The Morgan fingerprint density at radius 3 is 2.07 bits per heavy atom. The van der Waals surface area contributed by atoms with Crippen LogP contribution in [0.15, 0.2) is 36.9 Å². The molecule has 0 saturated heterocycles. The van der Waals surface area contributed by atoms with Crippen LogP contribution in [0.4, 0.5) is 13.2 Å². The summed E-state index contributed by atoms with van der Waals surface area (Å²) in [6.07, 6.45) is -4.63. The van der Waals surface area contributed by atoms with Gasteiger partial charge in [0.2, 0.25) is 0 Å². The van der Waals surface area contributed by atoms with Crippen molar-refractivity contribution in [3.8, 4) is 0 Å². The van der Waals surface area contributed by atoms with Gasteiger partial charge in [0.1, 0.15) is 5.71 Å². The highest BCUT2D eigenvalue weighted by Crippen LogP contribution is 2.25. The maximum absolute atomic E-state index is 12.1. The summed E-state index contributed by atoms with van der Waals surface area (Å²) in [5.74, 6) is 0. The first-order valence-corrected chi connectivity index (χ1v) is 3.83.